The fourth-order valence-electron chi connectivity index (χ4n) is 1.37. The number of halogens is 1. The van der Waals surface area contributed by atoms with Crippen molar-refractivity contribution < 1.29 is 9.52 Å². The van der Waals surface area contributed by atoms with Crippen molar-refractivity contribution in [3.05, 3.63) is 46.9 Å². The average molecular weight is 255 g/mol. The fourth-order valence-corrected chi connectivity index (χ4v) is 2.51. The summed E-state index contributed by atoms with van der Waals surface area (Å²) < 4.78 is 5.22. The van der Waals surface area contributed by atoms with Crippen molar-refractivity contribution in [3.8, 4) is 0 Å². The van der Waals surface area contributed by atoms with Crippen molar-refractivity contribution in [2.45, 2.75) is 23.3 Å². The van der Waals surface area contributed by atoms with Gasteiger partial charge in [0, 0.05) is 9.92 Å². The second kappa shape index (κ2) is 4.95. The van der Waals surface area contributed by atoms with Crippen molar-refractivity contribution in [2.24, 2.45) is 0 Å². The normalized spacial score (nSPS) is 10.7. The molecule has 4 heteroatoms. The molecule has 0 radical (unpaired) electrons. The molecule has 16 heavy (non-hydrogen) atoms. The van der Waals surface area contributed by atoms with Crippen LogP contribution in [0.25, 0.3) is 0 Å². The highest BCUT2D eigenvalue weighted by Crippen LogP contribution is 2.34. The number of hydrogen-bond acceptors (Lipinski definition) is 3. The van der Waals surface area contributed by atoms with E-state index in [2.05, 4.69) is 0 Å². The van der Waals surface area contributed by atoms with E-state index in [9.17, 15) is 5.11 Å². The minimum Gasteiger partial charge on any atom is -0.468 e. The van der Waals surface area contributed by atoms with Crippen LogP contribution in [-0.4, -0.2) is 5.11 Å². The van der Waals surface area contributed by atoms with Crippen molar-refractivity contribution in [2.75, 3.05) is 0 Å². The summed E-state index contributed by atoms with van der Waals surface area (Å²) in [6.45, 7) is 1.90. The van der Waals surface area contributed by atoms with E-state index >= 15 is 0 Å². The van der Waals surface area contributed by atoms with Crippen LogP contribution in [0.4, 0.5) is 0 Å². The Morgan fingerprint density at radius 1 is 1.31 bits per heavy atom. The summed E-state index contributed by atoms with van der Waals surface area (Å²) in [7, 11) is 0. The minimum atomic E-state index is -0.0141. The van der Waals surface area contributed by atoms with E-state index in [1.165, 1.54) is 0 Å². The molecule has 84 valence electrons. The zero-order valence-corrected chi connectivity index (χ0v) is 10.3. The minimum absolute atomic E-state index is 0.0141. The molecule has 0 amide bonds. The molecule has 0 atom stereocenters. The van der Waals surface area contributed by atoms with Crippen LogP contribution in [0.1, 0.15) is 11.3 Å². The van der Waals surface area contributed by atoms with E-state index < -0.39 is 0 Å². The molecule has 1 aromatic heterocycles. The summed E-state index contributed by atoms with van der Waals surface area (Å²) >= 11 is 7.44. The first-order valence-electron chi connectivity index (χ1n) is 4.82. The Kier molecular flexibility index (Phi) is 3.59. The van der Waals surface area contributed by atoms with Crippen LogP contribution < -0.4 is 0 Å². The van der Waals surface area contributed by atoms with Gasteiger partial charge in [-0.25, -0.2) is 0 Å². The third kappa shape index (κ3) is 2.43. The lowest BCUT2D eigenvalue weighted by atomic mass is 10.2. The Bertz CT molecular complexity index is 494. The highest BCUT2D eigenvalue weighted by atomic mass is 35.5. The maximum Gasteiger partial charge on any atom is 0.114 e. The van der Waals surface area contributed by atoms with Gasteiger partial charge >= 0.3 is 0 Å². The van der Waals surface area contributed by atoms with Crippen molar-refractivity contribution >= 4 is 23.4 Å². The lowest BCUT2D eigenvalue weighted by Crippen LogP contribution is -1.87. The van der Waals surface area contributed by atoms with Crippen LogP contribution >= 0.6 is 23.4 Å². The molecule has 1 heterocycles. The van der Waals surface area contributed by atoms with Gasteiger partial charge < -0.3 is 9.52 Å². The second-order valence-corrected chi connectivity index (χ2v) is 4.87. The number of furan rings is 1. The molecular weight excluding hydrogens is 244 g/mol. The lowest BCUT2D eigenvalue weighted by Gasteiger charge is -2.06. The standard InChI is InChI=1S/C12H11ClO2S/c1-8-11(4-5-15-8)16-12-3-2-10(13)6-9(12)7-14/h2-6,14H,7H2,1H3. The van der Waals surface area contributed by atoms with Crippen LogP contribution in [0, 0.1) is 6.92 Å². The van der Waals surface area contributed by atoms with E-state index in [1.54, 1.807) is 24.1 Å². The predicted molar refractivity (Wildman–Crippen MR) is 64.9 cm³/mol. The van der Waals surface area contributed by atoms with Gasteiger partial charge in [0.1, 0.15) is 5.76 Å². The number of aryl methyl sites for hydroxylation is 1. The van der Waals surface area contributed by atoms with Gasteiger partial charge in [0.15, 0.2) is 0 Å². The average Bonchev–Trinajstić information content (AvgIpc) is 2.67. The largest absolute Gasteiger partial charge is 0.468 e. The van der Waals surface area contributed by atoms with Gasteiger partial charge in [-0.2, -0.15) is 0 Å². The first kappa shape index (κ1) is 11.6. The molecule has 0 aliphatic heterocycles. The summed E-state index contributed by atoms with van der Waals surface area (Å²) in [4.78, 5) is 2.05. The molecular formula is C12H11ClO2S. The molecule has 0 saturated heterocycles. The smallest absolute Gasteiger partial charge is 0.114 e. The molecule has 0 bridgehead atoms. The number of hydrogen-bond donors (Lipinski definition) is 1. The number of rotatable bonds is 3. The van der Waals surface area contributed by atoms with Crippen LogP contribution in [-0.2, 0) is 6.61 Å². The molecule has 0 fully saturated rings. The van der Waals surface area contributed by atoms with Crippen LogP contribution in [0.2, 0.25) is 5.02 Å². The number of aliphatic hydroxyl groups is 1. The molecule has 0 unspecified atom stereocenters. The van der Waals surface area contributed by atoms with Crippen LogP contribution in [0.5, 0.6) is 0 Å². The van der Waals surface area contributed by atoms with Gasteiger partial charge in [0.25, 0.3) is 0 Å². The first-order valence-corrected chi connectivity index (χ1v) is 6.01. The zero-order valence-electron chi connectivity index (χ0n) is 8.74. The SMILES string of the molecule is Cc1occc1Sc1ccc(Cl)cc1CO. The van der Waals surface area contributed by atoms with Gasteiger partial charge in [-0.1, -0.05) is 23.4 Å². The topological polar surface area (TPSA) is 33.4 Å². The Labute approximate surface area is 103 Å². The van der Waals surface area contributed by atoms with E-state index in [0.717, 1.165) is 21.1 Å². The first-order chi connectivity index (χ1) is 7.70. The van der Waals surface area contributed by atoms with Crippen LogP contribution in [0.15, 0.2) is 44.7 Å². The van der Waals surface area contributed by atoms with E-state index in [4.69, 9.17) is 16.0 Å². The molecule has 2 aromatic rings. The Morgan fingerprint density at radius 2 is 2.12 bits per heavy atom. The number of benzene rings is 1. The molecule has 1 aromatic carbocycles. The maximum absolute atomic E-state index is 9.25. The summed E-state index contributed by atoms with van der Waals surface area (Å²) in [6, 6.07) is 7.42. The van der Waals surface area contributed by atoms with Gasteiger partial charge in [-0.15, -0.1) is 0 Å². The highest BCUT2D eigenvalue weighted by molar-refractivity contribution is 7.99. The third-order valence-electron chi connectivity index (χ3n) is 2.22. The molecule has 2 nitrogen and oxygen atoms in total. The highest BCUT2D eigenvalue weighted by Gasteiger charge is 2.08. The van der Waals surface area contributed by atoms with E-state index in [1.807, 2.05) is 25.1 Å². The van der Waals surface area contributed by atoms with Crippen molar-refractivity contribution in [1.29, 1.82) is 0 Å². The van der Waals surface area contributed by atoms with Crippen molar-refractivity contribution in [1.82, 2.24) is 0 Å². The van der Waals surface area contributed by atoms with Gasteiger partial charge in [0.2, 0.25) is 0 Å². The quantitative estimate of drug-likeness (QED) is 0.902. The molecule has 2 rings (SSSR count). The van der Waals surface area contributed by atoms with Gasteiger partial charge in [0.05, 0.1) is 17.8 Å². The Morgan fingerprint density at radius 3 is 2.75 bits per heavy atom. The predicted octanol–water partition coefficient (Wildman–Crippen LogP) is 3.88. The molecule has 0 aliphatic carbocycles. The Balaban J connectivity index is 2.31. The fraction of sp³-hybridized carbons (Fsp3) is 0.167. The van der Waals surface area contributed by atoms with E-state index in [0.29, 0.717) is 5.02 Å². The van der Waals surface area contributed by atoms with Gasteiger partial charge in [-0.3, -0.25) is 0 Å². The lowest BCUT2D eigenvalue weighted by molar-refractivity contribution is 0.279. The third-order valence-corrected chi connectivity index (χ3v) is 3.72. The van der Waals surface area contributed by atoms with E-state index in [-0.39, 0.29) is 6.61 Å². The Hall–Kier alpha value is -0.900. The molecule has 0 saturated carbocycles. The summed E-state index contributed by atoms with van der Waals surface area (Å²) in [5, 5.41) is 9.88. The van der Waals surface area contributed by atoms with Crippen molar-refractivity contribution in [3.63, 3.8) is 0 Å². The summed E-state index contributed by atoms with van der Waals surface area (Å²) in [6.07, 6.45) is 1.66. The summed E-state index contributed by atoms with van der Waals surface area (Å²) in [5.41, 5.74) is 0.832. The monoisotopic (exact) mass is 254 g/mol. The molecule has 1 N–H and O–H groups in total. The maximum atomic E-state index is 9.25. The number of aliphatic hydroxyl groups excluding tert-OH is 1. The van der Waals surface area contributed by atoms with Gasteiger partial charge in [-0.05, 0) is 36.8 Å². The second-order valence-electron chi connectivity index (χ2n) is 3.35. The summed E-state index contributed by atoms with van der Waals surface area (Å²) in [5.74, 6) is 0.879. The zero-order chi connectivity index (χ0) is 11.5. The molecule has 0 aliphatic rings. The van der Waals surface area contributed by atoms with Crippen LogP contribution in [0.3, 0.4) is 0 Å². The molecule has 0 spiro atoms.